The number of carbonyl (C=O) groups is 1. The van der Waals surface area contributed by atoms with Crippen LogP contribution in [0.25, 0.3) is 0 Å². The second kappa shape index (κ2) is 8.04. The Morgan fingerprint density at radius 3 is 2.61 bits per heavy atom. The highest BCUT2D eigenvalue weighted by atomic mass is 16.5. The molecule has 0 saturated heterocycles. The van der Waals surface area contributed by atoms with Crippen molar-refractivity contribution in [1.82, 2.24) is 4.90 Å². The number of amides is 1. The summed E-state index contributed by atoms with van der Waals surface area (Å²) in [5.41, 5.74) is 1.58. The summed E-state index contributed by atoms with van der Waals surface area (Å²) in [5, 5.41) is 0. The van der Waals surface area contributed by atoms with E-state index in [1.807, 2.05) is 11.0 Å². The second-order valence-corrected chi connectivity index (χ2v) is 6.06. The van der Waals surface area contributed by atoms with Crippen molar-refractivity contribution in [2.45, 2.75) is 32.6 Å². The van der Waals surface area contributed by atoms with Gasteiger partial charge in [0.25, 0.3) is 5.91 Å². The number of methoxy groups -OCH3 is 2. The van der Waals surface area contributed by atoms with Crippen molar-refractivity contribution in [3.63, 3.8) is 0 Å². The molecule has 0 N–H and O–H groups in total. The first-order valence-electron chi connectivity index (χ1n) is 8.29. The summed E-state index contributed by atoms with van der Waals surface area (Å²) in [6.45, 7) is 7.54. The minimum atomic E-state index is 0.0741. The Hall–Kier alpha value is -1.97. The van der Waals surface area contributed by atoms with E-state index in [-0.39, 0.29) is 5.91 Å². The topological polar surface area (TPSA) is 38.8 Å². The monoisotopic (exact) mass is 317 g/mol. The Kier molecular flexibility index (Phi) is 6.08. The lowest BCUT2D eigenvalue weighted by molar-refractivity contribution is 0.0747. The van der Waals surface area contributed by atoms with Gasteiger partial charge in [0.15, 0.2) is 11.5 Å². The average Bonchev–Trinajstić information content (AvgIpc) is 3.37. The van der Waals surface area contributed by atoms with Gasteiger partial charge < -0.3 is 14.4 Å². The van der Waals surface area contributed by atoms with Crippen molar-refractivity contribution in [1.29, 1.82) is 0 Å². The van der Waals surface area contributed by atoms with Gasteiger partial charge in [-0.2, -0.15) is 0 Å². The lowest BCUT2D eigenvalue weighted by atomic mass is 10.0. The molecule has 0 unspecified atom stereocenters. The Morgan fingerprint density at radius 2 is 2.09 bits per heavy atom. The fraction of sp³-hybridized carbons (Fsp3) is 0.526. The smallest absolute Gasteiger partial charge is 0.254 e. The first-order valence-corrected chi connectivity index (χ1v) is 8.29. The highest BCUT2D eigenvalue weighted by Gasteiger charge is 2.27. The molecule has 0 aliphatic heterocycles. The molecule has 23 heavy (non-hydrogen) atoms. The Bertz CT molecular complexity index is 564. The molecule has 0 radical (unpaired) electrons. The largest absolute Gasteiger partial charge is 0.493 e. The lowest BCUT2D eigenvalue weighted by Crippen LogP contribution is -2.33. The summed E-state index contributed by atoms with van der Waals surface area (Å²) >= 11 is 0. The van der Waals surface area contributed by atoms with Gasteiger partial charge in [-0.1, -0.05) is 13.0 Å². The average molecular weight is 317 g/mol. The summed E-state index contributed by atoms with van der Waals surface area (Å²) in [4.78, 5) is 14.9. The number of benzene rings is 1. The molecule has 1 aromatic carbocycles. The predicted octanol–water partition coefficient (Wildman–Crippen LogP) is 3.69. The van der Waals surface area contributed by atoms with Gasteiger partial charge >= 0.3 is 0 Å². The van der Waals surface area contributed by atoms with Crippen molar-refractivity contribution < 1.29 is 14.3 Å². The van der Waals surface area contributed by atoms with Crippen LogP contribution in [-0.4, -0.2) is 38.1 Å². The van der Waals surface area contributed by atoms with Crippen molar-refractivity contribution in [3.05, 3.63) is 35.9 Å². The number of ether oxygens (including phenoxy) is 2. The van der Waals surface area contributed by atoms with Crippen LogP contribution in [0.15, 0.2) is 24.8 Å². The summed E-state index contributed by atoms with van der Waals surface area (Å²) < 4.78 is 10.9. The predicted molar refractivity (Wildman–Crippen MR) is 92.4 cm³/mol. The molecule has 1 aliphatic rings. The van der Waals surface area contributed by atoms with Gasteiger partial charge in [-0.25, -0.2) is 0 Å². The van der Waals surface area contributed by atoms with Crippen LogP contribution in [0, 0.1) is 5.92 Å². The van der Waals surface area contributed by atoms with Crippen LogP contribution in [0.4, 0.5) is 0 Å². The molecule has 0 bridgehead atoms. The van der Waals surface area contributed by atoms with Crippen molar-refractivity contribution in [2.24, 2.45) is 5.92 Å². The van der Waals surface area contributed by atoms with Crippen LogP contribution in [-0.2, 0) is 6.42 Å². The second-order valence-electron chi connectivity index (χ2n) is 6.06. The third kappa shape index (κ3) is 4.27. The van der Waals surface area contributed by atoms with Gasteiger partial charge in [-0.3, -0.25) is 4.79 Å². The van der Waals surface area contributed by atoms with Gasteiger partial charge in [0.1, 0.15) is 0 Å². The zero-order chi connectivity index (χ0) is 16.8. The van der Waals surface area contributed by atoms with Gasteiger partial charge in [0.05, 0.1) is 14.2 Å². The minimum Gasteiger partial charge on any atom is -0.493 e. The van der Waals surface area contributed by atoms with Crippen LogP contribution >= 0.6 is 0 Å². The molecule has 1 fully saturated rings. The van der Waals surface area contributed by atoms with E-state index in [1.165, 1.54) is 12.8 Å². The van der Waals surface area contributed by atoms with Crippen molar-refractivity contribution >= 4 is 5.91 Å². The molecule has 0 aromatic heterocycles. The fourth-order valence-corrected chi connectivity index (χ4v) is 2.81. The van der Waals surface area contributed by atoms with E-state index in [4.69, 9.17) is 9.47 Å². The van der Waals surface area contributed by atoms with E-state index in [2.05, 4.69) is 13.5 Å². The molecule has 126 valence electrons. The van der Waals surface area contributed by atoms with Crippen LogP contribution in [0.3, 0.4) is 0 Å². The molecule has 0 spiro atoms. The molecule has 2 rings (SSSR count). The van der Waals surface area contributed by atoms with E-state index in [1.54, 1.807) is 26.4 Å². The van der Waals surface area contributed by atoms with E-state index in [0.29, 0.717) is 29.4 Å². The molecule has 1 amide bonds. The van der Waals surface area contributed by atoms with Crippen molar-refractivity contribution in [3.8, 4) is 11.5 Å². The molecule has 1 aliphatic carbocycles. The summed E-state index contributed by atoms with van der Waals surface area (Å²) in [7, 11) is 3.21. The summed E-state index contributed by atoms with van der Waals surface area (Å²) in [6.07, 6.45) is 5.88. The molecule has 0 atom stereocenters. The SMILES string of the molecule is C=CCc1cc(C(=O)N(CCC)CC2CC2)cc(OC)c1OC. The number of carbonyl (C=O) groups excluding carboxylic acids is 1. The molecular weight excluding hydrogens is 290 g/mol. The Labute approximate surface area is 139 Å². The molecule has 4 heteroatoms. The maximum absolute atomic E-state index is 12.9. The van der Waals surface area contributed by atoms with Crippen LogP contribution in [0.2, 0.25) is 0 Å². The Morgan fingerprint density at radius 1 is 1.35 bits per heavy atom. The minimum absolute atomic E-state index is 0.0741. The molecular formula is C19H27NO3. The maximum Gasteiger partial charge on any atom is 0.254 e. The number of nitrogens with zero attached hydrogens (tertiary/aromatic N) is 1. The van der Waals surface area contributed by atoms with Crippen LogP contribution in [0.1, 0.15) is 42.1 Å². The van der Waals surface area contributed by atoms with Crippen LogP contribution < -0.4 is 9.47 Å². The number of allylic oxidation sites excluding steroid dienone is 1. The fourth-order valence-electron chi connectivity index (χ4n) is 2.81. The van der Waals surface area contributed by atoms with Gasteiger partial charge in [0.2, 0.25) is 0 Å². The third-order valence-electron chi connectivity index (χ3n) is 4.12. The van der Waals surface area contributed by atoms with E-state index >= 15 is 0 Å². The quantitative estimate of drug-likeness (QED) is 0.652. The molecule has 0 heterocycles. The number of hydrogen-bond donors (Lipinski definition) is 0. The first-order chi connectivity index (χ1) is 11.1. The van der Waals surface area contributed by atoms with E-state index < -0.39 is 0 Å². The molecule has 1 aromatic rings. The summed E-state index contributed by atoms with van der Waals surface area (Å²) in [5.74, 6) is 2.02. The maximum atomic E-state index is 12.9. The lowest BCUT2D eigenvalue weighted by Gasteiger charge is -2.23. The standard InChI is InChI=1S/C19H27NO3/c1-5-7-15-11-16(12-17(22-3)18(15)23-4)19(21)20(10-6-2)13-14-8-9-14/h5,11-12,14H,1,6-10,13H2,2-4H3. The number of rotatable bonds is 9. The van der Waals surface area contributed by atoms with Gasteiger partial charge in [-0.15, -0.1) is 6.58 Å². The highest BCUT2D eigenvalue weighted by molar-refractivity contribution is 5.95. The normalized spacial score (nSPS) is 13.5. The van der Waals surface area contributed by atoms with Gasteiger partial charge in [0, 0.05) is 24.2 Å². The van der Waals surface area contributed by atoms with Crippen LogP contribution in [0.5, 0.6) is 11.5 Å². The van der Waals surface area contributed by atoms with Crippen molar-refractivity contribution in [2.75, 3.05) is 27.3 Å². The first kappa shape index (κ1) is 17.4. The Balaban J connectivity index is 2.33. The third-order valence-corrected chi connectivity index (χ3v) is 4.12. The summed E-state index contributed by atoms with van der Waals surface area (Å²) in [6, 6.07) is 3.68. The highest BCUT2D eigenvalue weighted by Crippen LogP contribution is 2.34. The zero-order valence-electron chi connectivity index (χ0n) is 14.4. The van der Waals surface area contributed by atoms with E-state index in [0.717, 1.165) is 25.1 Å². The van der Waals surface area contributed by atoms with Gasteiger partial charge in [-0.05, 0) is 43.7 Å². The number of hydrogen-bond acceptors (Lipinski definition) is 3. The molecule has 4 nitrogen and oxygen atoms in total. The zero-order valence-corrected chi connectivity index (χ0v) is 14.4. The van der Waals surface area contributed by atoms with E-state index in [9.17, 15) is 4.79 Å². The molecule has 1 saturated carbocycles.